The Morgan fingerprint density at radius 1 is 0.322 bits per heavy atom. The van der Waals surface area contributed by atoms with E-state index in [1.54, 1.807) is 6.08 Å². The number of carbonyl (C=O) groups is 1. The van der Waals surface area contributed by atoms with Crippen LogP contribution in [0, 0.1) is 0 Å². The molecule has 0 aromatic rings. The van der Waals surface area contributed by atoms with Crippen molar-refractivity contribution in [3.8, 4) is 0 Å². The SMILES string of the molecule is CC/C=C\C/C=C\C/C=C\C/C=C\C/C=C\C/C=C\C/C=C\C/C=C\CCCCCCCCCCCCCCCCCCC(=O)NC(COC1OC(CO)C(OC2OC(CO)C(OC3OC(CO)C(O)C(O)C3O)C(O)C2O)C(O)C1O)C(O)/C=C/CCCCCCCCCCCCCCCCCCCCCCCCCCCCC. The molecule has 3 rings (SSSR count). The van der Waals surface area contributed by atoms with Crippen molar-refractivity contribution in [2.24, 2.45) is 0 Å². The molecule has 12 N–H and O–H groups in total. The van der Waals surface area contributed by atoms with Crippen molar-refractivity contribution in [1.82, 2.24) is 5.32 Å². The first-order valence-corrected chi connectivity index (χ1v) is 46.6. The molecule has 0 radical (unpaired) electrons. The highest BCUT2D eigenvalue weighted by Crippen LogP contribution is 2.34. The molecule has 3 heterocycles. The zero-order valence-electron chi connectivity index (χ0n) is 72.0. The van der Waals surface area contributed by atoms with Crippen LogP contribution >= 0.6 is 0 Å². The predicted octanol–water partition coefficient (Wildman–Crippen LogP) is 18.4. The van der Waals surface area contributed by atoms with E-state index in [0.717, 1.165) is 96.3 Å². The first-order valence-electron chi connectivity index (χ1n) is 46.6. The highest BCUT2D eigenvalue weighted by atomic mass is 16.8. The third-order valence-electron chi connectivity index (χ3n) is 22.6. The normalized spacial score (nSPS) is 25.1. The summed E-state index contributed by atoms with van der Waals surface area (Å²) >= 11 is 0. The molecule has 666 valence electrons. The lowest BCUT2D eigenvalue weighted by Gasteiger charge is -2.48. The van der Waals surface area contributed by atoms with E-state index in [4.69, 9.17) is 28.4 Å². The topological polar surface area (TPSA) is 307 Å². The van der Waals surface area contributed by atoms with Gasteiger partial charge in [-0.3, -0.25) is 4.79 Å². The molecule has 0 saturated carbocycles. The number of carbonyl (C=O) groups excluding carboxylic acids is 1. The number of hydrogen-bond donors (Lipinski definition) is 12. The average Bonchev–Trinajstić information content (AvgIpc) is 0.778. The molecular formula is C96H169NO18. The van der Waals surface area contributed by atoms with Crippen LogP contribution in [0.2, 0.25) is 0 Å². The molecule has 0 aliphatic carbocycles. The van der Waals surface area contributed by atoms with E-state index in [1.165, 1.54) is 238 Å². The fourth-order valence-electron chi connectivity index (χ4n) is 15.2. The third kappa shape index (κ3) is 52.4. The smallest absolute Gasteiger partial charge is 0.220 e. The summed E-state index contributed by atoms with van der Waals surface area (Å²) in [6.45, 7) is 1.67. The van der Waals surface area contributed by atoms with Gasteiger partial charge < -0.3 is 89.9 Å². The maximum Gasteiger partial charge on any atom is 0.220 e. The van der Waals surface area contributed by atoms with Crippen molar-refractivity contribution in [2.45, 2.75) is 465 Å². The molecule has 115 heavy (non-hydrogen) atoms. The van der Waals surface area contributed by atoms with Crippen LogP contribution in [-0.4, -0.2) is 193 Å². The van der Waals surface area contributed by atoms with Crippen LogP contribution < -0.4 is 5.32 Å². The number of nitrogens with one attached hydrogen (secondary N) is 1. The van der Waals surface area contributed by atoms with Crippen molar-refractivity contribution in [3.05, 3.63) is 109 Å². The Bertz CT molecular complexity index is 2500. The molecule has 19 heteroatoms. The lowest BCUT2D eigenvalue weighted by atomic mass is 9.96. The van der Waals surface area contributed by atoms with Crippen LogP contribution in [0.5, 0.6) is 0 Å². The minimum absolute atomic E-state index is 0.240. The quantitative estimate of drug-likeness (QED) is 0.0199. The number of aliphatic hydroxyl groups excluding tert-OH is 11. The fraction of sp³-hybridized carbons (Fsp3) is 0.802. The second-order valence-corrected chi connectivity index (χ2v) is 32.7. The molecule has 19 nitrogen and oxygen atoms in total. The average molecular weight is 1630 g/mol. The van der Waals surface area contributed by atoms with Crippen LogP contribution in [0.25, 0.3) is 0 Å². The van der Waals surface area contributed by atoms with E-state index < -0.39 is 124 Å². The van der Waals surface area contributed by atoms with Gasteiger partial charge >= 0.3 is 0 Å². The predicted molar refractivity (Wildman–Crippen MR) is 466 cm³/mol. The van der Waals surface area contributed by atoms with Crippen LogP contribution in [0.15, 0.2) is 109 Å². The van der Waals surface area contributed by atoms with E-state index in [9.17, 15) is 61.0 Å². The zero-order valence-corrected chi connectivity index (χ0v) is 72.0. The van der Waals surface area contributed by atoms with E-state index >= 15 is 0 Å². The van der Waals surface area contributed by atoms with Crippen molar-refractivity contribution >= 4 is 5.91 Å². The molecule has 3 aliphatic rings. The third-order valence-corrected chi connectivity index (χ3v) is 22.6. The molecule has 3 saturated heterocycles. The molecule has 0 spiro atoms. The van der Waals surface area contributed by atoms with Gasteiger partial charge in [-0.2, -0.15) is 0 Å². The Labute approximate surface area is 697 Å². The number of hydrogen-bond acceptors (Lipinski definition) is 18. The molecule has 0 aromatic carbocycles. The summed E-state index contributed by atoms with van der Waals surface area (Å²) in [5.74, 6) is -0.273. The minimum Gasteiger partial charge on any atom is -0.394 e. The lowest BCUT2D eigenvalue weighted by molar-refractivity contribution is -0.379. The van der Waals surface area contributed by atoms with E-state index in [-0.39, 0.29) is 18.9 Å². The first-order chi connectivity index (χ1) is 56.3. The standard InChI is InChI=1S/C96H169NO18/c1-3-5-7-9-11-13-15-17-19-21-23-25-27-29-31-33-34-35-36-37-38-39-40-41-42-43-44-46-48-50-52-54-56-58-60-62-64-66-68-70-72-74-84(102)97-79(80(101)73-71-69-67-65-63-61-59-57-55-53-51-49-47-45-32-30-28-26-24-22-20-18-16-14-12-10-8-6-4-2)78-110-94-90(108)87(105)92(82(76-99)112-94)115-96-91(109)88(106)93(83(77-100)113-96)114-95-89(107)86(104)85(103)81(75-98)111-95/h5,7,11,13,17,19,23,25,29,31,34-35,37-38,40-41,71,73,79-83,85-96,98-101,103-109H,3-4,6,8-10,12,14-16,18,20-22,24,26-28,30,32-33,36,39,42-70,72,74-78H2,1-2H3,(H,97,102)/b7-5-,13-11-,19-17-,25-23-,31-29-,35-34-,38-37-,41-40-,73-71+. The minimum atomic E-state index is -1.98. The number of aliphatic hydroxyl groups is 11. The van der Waals surface area contributed by atoms with Crippen molar-refractivity contribution in [1.29, 1.82) is 0 Å². The Morgan fingerprint density at radius 2 is 0.600 bits per heavy atom. The van der Waals surface area contributed by atoms with Crippen LogP contribution in [0.4, 0.5) is 0 Å². The molecule has 1 amide bonds. The highest BCUT2D eigenvalue weighted by molar-refractivity contribution is 5.76. The Hall–Kier alpha value is -3.55. The van der Waals surface area contributed by atoms with Gasteiger partial charge in [0, 0.05) is 6.42 Å². The lowest BCUT2D eigenvalue weighted by Crippen LogP contribution is -2.66. The van der Waals surface area contributed by atoms with E-state index in [1.807, 2.05) is 6.08 Å². The van der Waals surface area contributed by atoms with E-state index in [0.29, 0.717) is 6.42 Å². The largest absolute Gasteiger partial charge is 0.394 e. The monoisotopic (exact) mass is 1620 g/mol. The van der Waals surface area contributed by atoms with Gasteiger partial charge in [-0.1, -0.05) is 380 Å². The molecule has 0 bridgehead atoms. The van der Waals surface area contributed by atoms with Gasteiger partial charge in [0.1, 0.15) is 73.2 Å². The fourth-order valence-corrected chi connectivity index (χ4v) is 15.2. The first kappa shape index (κ1) is 106. The highest BCUT2D eigenvalue weighted by Gasteiger charge is 2.54. The second kappa shape index (κ2) is 74.3. The maximum absolute atomic E-state index is 13.5. The van der Waals surface area contributed by atoms with Gasteiger partial charge in [0.2, 0.25) is 5.91 Å². The number of unbranched alkanes of at least 4 members (excludes halogenated alkanes) is 43. The summed E-state index contributed by atoms with van der Waals surface area (Å²) < 4.78 is 34.5. The van der Waals surface area contributed by atoms with Crippen molar-refractivity contribution < 1.29 is 89.4 Å². The summed E-state index contributed by atoms with van der Waals surface area (Å²) in [6, 6.07) is -0.980. The molecule has 3 aliphatic heterocycles. The Balaban J connectivity index is 1.31. The van der Waals surface area contributed by atoms with Crippen LogP contribution in [-0.2, 0) is 33.2 Å². The number of amides is 1. The molecular weight excluding hydrogens is 1460 g/mol. The summed E-state index contributed by atoms with van der Waals surface area (Å²) in [6.07, 6.45) is 78.1. The Kier molecular flexibility index (Phi) is 68.2. The Morgan fingerprint density at radius 3 is 0.939 bits per heavy atom. The van der Waals surface area contributed by atoms with Gasteiger partial charge in [-0.25, -0.2) is 0 Å². The van der Waals surface area contributed by atoms with Gasteiger partial charge in [0.05, 0.1) is 38.6 Å². The van der Waals surface area contributed by atoms with Crippen molar-refractivity contribution in [3.63, 3.8) is 0 Å². The van der Waals surface area contributed by atoms with Gasteiger partial charge in [-0.05, 0) is 83.5 Å². The van der Waals surface area contributed by atoms with Crippen LogP contribution in [0.3, 0.4) is 0 Å². The number of allylic oxidation sites excluding steroid dienone is 17. The van der Waals surface area contributed by atoms with E-state index in [2.05, 4.69) is 116 Å². The van der Waals surface area contributed by atoms with Gasteiger partial charge in [0.25, 0.3) is 0 Å². The molecule has 0 aromatic heterocycles. The molecule has 3 fully saturated rings. The summed E-state index contributed by atoms with van der Waals surface area (Å²) in [7, 11) is 0. The maximum atomic E-state index is 13.5. The number of ether oxygens (including phenoxy) is 6. The molecule has 17 unspecified atom stereocenters. The van der Waals surface area contributed by atoms with Crippen LogP contribution in [0.1, 0.15) is 361 Å². The van der Waals surface area contributed by atoms with Gasteiger partial charge in [0.15, 0.2) is 18.9 Å². The van der Waals surface area contributed by atoms with Gasteiger partial charge in [-0.15, -0.1) is 0 Å². The summed E-state index contributed by atoms with van der Waals surface area (Å²) in [5.41, 5.74) is 0. The number of rotatable bonds is 75. The second-order valence-electron chi connectivity index (χ2n) is 32.7. The zero-order chi connectivity index (χ0) is 83.1. The summed E-state index contributed by atoms with van der Waals surface area (Å²) in [4.78, 5) is 13.5. The summed E-state index contributed by atoms with van der Waals surface area (Å²) in [5, 5.41) is 121. The van der Waals surface area contributed by atoms with Crippen molar-refractivity contribution in [2.75, 3.05) is 26.4 Å². The molecule has 17 atom stereocenters.